The van der Waals surface area contributed by atoms with Gasteiger partial charge in [-0.1, -0.05) is 0 Å². The zero-order chi connectivity index (χ0) is 19.7. The highest BCUT2D eigenvalue weighted by molar-refractivity contribution is 5.87. The summed E-state index contributed by atoms with van der Waals surface area (Å²) in [5.41, 5.74) is 0.747. The zero-order valence-electron chi connectivity index (χ0n) is 15.8. The Kier molecular flexibility index (Phi) is 5.23. The summed E-state index contributed by atoms with van der Waals surface area (Å²) in [6.07, 6.45) is 1.38. The maximum Gasteiger partial charge on any atom is 0.341 e. The first kappa shape index (κ1) is 19.0. The molecule has 0 aliphatic carbocycles. The molecule has 3 rings (SSSR count). The normalized spacial score (nSPS) is 15.3. The number of phenols is 1. The molecule has 2 aromatic rings. The summed E-state index contributed by atoms with van der Waals surface area (Å²) in [4.78, 5) is 28.3. The van der Waals surface area contributed by atoms with Gasteiger partial charge in [0.1, 0.15) is 17.1 Å². The molecule has 2 heterocycles. The lowest BCUT2D eigenvalue weighted by atomic mass is 10.1. The molecule has 1 aromatic carbocycles. The van der Waals surface area contributed by atoms with E-state index in [4.69, 9.17) is 0 Å². The number of hydrogen-bond acceptors (Lipinski definition) is 5. The molecule has 1 aromatic heterocycles. The Hall–Kier alpha value is -2.80. The number of nitrogens with zero attached hydrogens (tertiary/aromatic N) is 3. The Bertz CT molecular complexity index is 912. The monoisotopic (exact) mass is 371 g/mol. The van der Waals surface area contributed by atoms with Crippen molar-refractivity contribution in [3.05, 3.63) is 51.8 Å². The molecular weight excluding hydrogens is 346 g/mol. The van der Waals surface area contributed by atoms with E-state index in [2.05, 4.69) is 23.6 Å². The lowest BCUT2D eigenvalue weighted by Gasteiger charge is -2.39. The fourth-order valence-electron chi connectivity index (χ4n) is 3.50. The molecule has 0 radical (unpaired) electrons. The lowest BCUT2D eigenvalue weighted by molar-refractivity contribution is 0.0695. The van der Waals surface area contributed by atoms with Gasteiger partial charge in [0, 0.05) is 44.5 Å². The first-order chi connectivity index (χ1) is 12.8. The first-order valence-corrected chi connectivity index (χ1v) is 9.07. The van der Waals surface area contributed by atoms with Crippen molar-refractivity contribution in [2.24, 2.45) is 0 Å². The number of rotatable bonds is 4. The minimum Gasteiger partial charge on any atom is -0.508 e. The smallest absolute Gasteiger partial charge is 0.341 e. The number of hydrogen-bond donors (Lipinski definition) is 2. The Morgan fingerprint density at radius 2 is 1.78 bits per heavy atom. The van der Waals surface area contributed by atoms with E-state index in [9.17, 15) is 19.8 Å². The second-order valence-corrected chi connectivity index (χ2v) is 7.17. The van der Waals surface area contributed by atoms with Crippen LogP contribution in [0.2, 0.25) is 0 Å². The molecular formula is C20H25N3O4. The minimum absolute atomic E-state index is 0.142. The number of aromatic nitrogens is 1. The summed E-state index contributed by atoms with van der Waals surface area (Å²) in [7, 11) is 0. The molecule has 0 spiro atoms. The highest BCUT2D eigenvalue weighted by Gasteiger charge is 2.23. The van der Waals surface area contributed by atoms with Crippen molar-refractivity contribution < 1.29 is 15.0 Å². The Morgan fingerprint density at radius 1 is 1.11 bits per heavy atom. The number of aryl methyl sites for hydroxylation is 1. The fraction of sp³-hybridized carbons (Fsp3) is 0.400. The summed E-state index contributed by atoms with van der Waals surface area (Å²) in [6.45, 7) is 9.42. The SMILES string of the molecule is Cc1cc(O)ccc1-n1cc(C(=O)O)c(=O)cc1N1CCN(C(C)C)CC1. The molecule has 1 saturated heterocycles. The number of phenolic OH excluding ortho intramolecular Hbond substituents is 1. The van der Waals surface area contributed by atoms with Crippen molar-refractivity contribution >= 4 is 11.8 Å². The molecule has 7 nitrogen and oxygen atoms in total. The minimum atomic E-state index is -1.25. The van der Waals surface area contributed by atoms with Crippen LogP contribution in [0.3, 0.4) is 0 Å². The molecule has 1 aliphatic heterocycles. The van der Waals surface area contributed by atoms with Gasteiger partial charge in [-0.3, -0.25) is 9.69 Å². The predicted octanol–water partition coefficient (Wildman–Crippen LogP) is 2.08. The van der Waals surface area contributed by atoms with Crippen molar-refractivity contribution in [1.82, 2.24) is 9.47 Å². The number of carboxylic acids is 1. The molecule has 0 unspecified atom stereocenters. The highest BCUT2D eigenvalue weighted by Crippen LogP contribution is 2.26. The molecule has 27 heavy (non-hydrogen) atoms. The second kappa shape index (κ2) is 7.44. The molecule has 1 fully saturated rings. The number of benzene rings is 1. The van der Waals surface area contributed by atoms with Gasteiger partial charge in [0.25, 0.3) is 0 Å². The van der Waals surface area contributed by atoms with Gasteiger partial charge in [0.2, 0.25) is 0 Å². The molecule has 144 valence electrons. The summed E-state index contributed by atoms with van der Waals surface area (Å²) >= 11 is 0. The fourth-order valence-corrected chi connectivity index (χ4v) is 3.50. The van der Waals surface area contributed by atoms with E-state index in [1.54, 1.807) is 22.8 Å². The van der Waals surface area contributed by atoms with E-state index < -0.39 is 11.4 Å². The van der Waals surface area contributed by atoms with E-state index in [-0.39, 0.29) is 11.3 Å². The van der Waals surface area contributed by atoms with Crippen LogP contribution in [0, 0.1) is 6.92 Å². The number of aromatic hydroxyl groups is 1. The third-order valence-electron chi connectivity index (χ3n) is 5.07. The van der Waals surface area contributed by atoms with Crippen molar-refractivity contribution in [2.45, 2.75) is 26.8 Å². The van der Waals surface area contributed by atoms with Gasteiger partial charge in [0.05, 0.1) is 5.69 Å². The topological polar surface area (TPSA) is 86.0 Å². The summed E-state index contributed by atoms with van der Waals surface area (Å²) in [5, 5.41) is 19.1. The Morgan fingerprint density at radius 3 is 2.33 bits per heavy atom. The van der Waals surface area contributed by atoms with Crippen molar-refractivity contribution in [3.63, 3.8) is 0 Å². The van der Waals surface area contributed by atoms with Crippen LogP contribution in [-0.4, -0.2) is 57.9 Å². The maximum atomic E-state index is 12.3. The largest absolute Gasteiger partial charge is 0.508 e. The molecule has 1 aliphatic rings. The highest BCUT2D eigenvalue weighted by atomic mass is 16.4. The van der Waals surface area contributed by atoms with Gasteiger partial charge < -0.3 is 19.7 Å². The van der Waals surface area contributed by atoms with Crippen molar-refractivity contribution in [1.29, 1.82) is 0 Å². The van der Waals surface area contributed by atoms with Crippen LogP contribution < -0.4 is 10.3 Å². The van der Waals surface area contributed by atoms with Gasteiger partial charge in [-0.05, 0) is 44.5 Å². The molecule has 0 saturated carbocycles. The van der Waals surface area contributed by atoms with Crippen LogP contribution in [0.25, 0.3) is 5.69 Å². The quantitative estimate of drug-likeness (QED) is 0.856. The van der Waals surface area contributed by atoms with Gasteiger partial charge >= 0.3 is 5.97 Å². The summed E-state index contributed by atoms with van der Waals surface area (Å²) in [6, 6.07) is 6.77. The van der Waals surface area contributed by atoms with E-state index >= 15 is 0 Å². The number of piperazine rings is 1. The van der Waals surface area contributed by atoms with Crippen molar-refractivity contribution in [3.8, 4) is 11.4 Å². The van der Waals surface area contributed by atoms with Gasteiger partial charge in [-0.2, -0.15) is 0 Å². The van der Waals surface area contributed by atoms with E-state index in [0.29, 0.717) is 11.9 Å². The van der Waals surface area contributed by atoms with Gasteiger partial charge in [0.15, 0.2) is 5.43 Å². The van der Waals surface area contributed by atoms with Gasteiger partial charge in [-0.15, -0.1) is 0 Å². The number of anilines is 1. The summed E-state index contributed by atoms with van der Waals surface area (Å²) in [5.74, 6) is -0.439. The first-order valence-electron chi connectivity index (χ1n) is 9.07. The van der Waals surface area contributed by atoms with Crippen LogP contribution in [0.1, 0.15) is 29.8 Å². The molecule has 0 bridgehead atoms. The second-order valence-electron chi connectivity index (χ2n) is 7.17. The molecule has 0 amide bonds. The number of aromatic carboxylic acids is 1. The average Bonchev–Trinajstić information content (AvgIpc) is 2.61. The number of carboxylic acid groups (broad SMARTS) is 1. The number of carbonyl (C=O) groups is 1. The van der Waals surface area contributed by atoms with Crippen LogP contribution in [0.15, 0.2) is 35.3 Å². The van der Waals surface area contributed by atoms with E-state index in [1.807, 2.05) is 6.92 Å². The van der Waals surface area contributed by atoms with Gasteiger partial charge in [-0.25, -0.2) is 4.79 Å². The van der Waals surface area contributed by atoms with E-state index in [1.165, 1.54) is 12.3 Å². The van der Waals surface area contributed by atoms with Crippen LogP contribution in [-0.2, 0) is 0 Å². The lowest BCUT2D eigenvalue weighted by Crippen LogP contribution is -2.49. The molecule has 7 heteroatoms. The maximum absolute atomic E-state index is 12.3. The van der Waals surface area contributed by atoms with E-state index in [0.717, 1.165) is 37.4 Å². The van der Waals surface area contributed by atoms with Crippen LogP contribution >= 0.6 is 0 Å². The Labute approximate surface area is 158 Å². The third kappa shape index (κ3) is 3.83. The van der Waals surface area contributed by atoms with Crippen molar-refractivity contribution in [2.75, 3.05) is 31.1 Å². The van der Waals surface area contributed by atoms with Crippen LogP contribution in [0.5, 0.6) is 5.75 Å². The molecule has 2 N–H and O–H groups in total. The zero-order valence-corrected chi connectivity index (χ0v) is 15.8. The predicted molar refractivity (Wildman–Crippen MR) is 104 cm³/mol. The molecule has 0 atom stereocenters. The number of pyridine rings is 1. The summed E-state index contributed by atoms with van der Waals surface area (Å²) < 4.78 is 1.74. The average molecular weight is 371 g/mol. The standard InChI is InChI=1S/C20H25N3O4/c1-13(2)21-6-8-22(9-7-21)19-11-18(25)16(20(26)27)12-23(19)17-5-4-15(24)10-14(17)3/h4-5,10-13,24H,6-9H2,1-3H3,(H,26,27). The third-order valence-corrected chi connectivity index (χ3v) is 5.07. The van der Waals surface area contributed by atoms with Crippen LogP contribution in [0.4, 0.5) is 5.82 Å². The Balaban J connectivity index is 2.09.